The molecule has 0 bridgehead atoms. The highest BCUT2D eigenvalue weighted by Crippen LogP contribution is 2.29. The van der Waals surface area contributed by atoms with Gasteiger partial charge in [0.2, 0.25) is 11.8 Å². The molecule has 2 amide bonds. The molecule has 2 rings (SSSR count). The van der Waals surface area contributed by atoms with E-state index in [0.717, 1.165) is 5.56 Å². The summed E-state index contributed by atoms with van der Waals surface area (Å²) in [6, 6.07) is 1.27. The van der Waals surface area contributed by atoms with Crippen LogP contribution in [0.15, 0.2) is 12.3 Å². The summed E-state index contributed by atoms with van der Waals surface area (Å²) < 4.78 is 0. The van der Waals surface area contributed by atoms with Gasteiger partial charge in [-0.05, 0) is 18.1 Å². The van der Waals surface area contributed by atoms with E-state index in [-0.39, 0.29) is 24.9 Å². The van der Waals surface area contributed by atoms with E-state index in [1.807, 2.05) is 6.92 Å². The highest BCUT2D eigenvalue weighted by Gasteiger charge is 2.34. The number of anilines is 1. The lowest BCUT2D eigenvalue weighted by Gasteiger charge is -2.34. The zero-order valence-electron chi connectivity index (χ0n) is 10.5. The number of piperazine rings is 1. The number of pyridine rings is 1. The number of hydrogen-bond acceptors (Lipinski definition) is 5. The van der Waals surface area contributed by atoms with Crippen LogP contribution in [0.3, 0.4) is 0 Å². The van der Waals surface area contributed by atoms with Crippen molar-refractivity contribution in [1.29, 1.82) is 0 Å². The van der Waals surface area contributed by atoms with Gasteiger partial charge in [0.15, 0.2) is 0 Å². The number of nitrogens with zero attached hydrogens (tertiary/aromatic N) is 2. The fourth-order valence-electron chi connectivity index (χ4n) is 2.12. The minimum atomic E-state index is -0.448. The van der Waals surface area contributed by atoms with Crippen LogP contribution in [0, 0.1) is 0 Å². The average molecular weight is 283 g/mol. The highest BCUT2D eigenvalue weighted by atomic mass is 35.5. The number of amides is 2. The van der Waals surface area contributed by atoms with Crippen LogP contribution in [0.5, 0.6) is 0 Å². The first-order valence-electron chi connectivity index (χ1n) is 6.02. The second kappa shape index (κ2) is 5.54. The fraction of sp³-hybridized carbons (Fsp3) is 0.417. The summed E-state index contributed by atoms with van der Waals surface area (Å²) in [5.41, 5.74) is 6.33. The predicted octanol–water partition coefficient (Wildman–Crippen LogP) is 0.435. The Morgan fingerprint density at radius 3 is 2.95 bits per heavy atom. The first kappa shape index (κ1) is 13.8. The Morgan fingerprint density at radius 2 is 2.32 bits per heavy atom. The monoisotopic (exact) mass is 282 g/mol. The van der Waals surface area contributed by atoms with Crippen LogP contribution in [0.4, 0.5) is 5.82 Å². The van der Waals surface area contributed by atoms with Crippen LogP contribution in [0.25, 0.3) is 0 Å². The molecule has 1 aromatic rings. The predicted molar refractivity (Wildman–Crippen MR) is 71.7 cm³/mol. The Kier molecular flexibility index (Phi) is 4.01. The molecule has 0 radical (unpaired) electrons. The van der Waals surface area contributed by atoms with Gasteiger partial charge in [-0.15, -0.1) is 0 Å². The molecule has 19 heavy (non-hydrogen) atoms. The molecule has 1 atom stereocenters. The Labute approximate surface area is 115 Å². The first-order chi connectivity index (χ1) is 9.08. The molecular weight excluding hydrogens is 268 g/mol. The van der Waals surface area contributed by atoms with E-state index in [2.05, 4.69) is 10.3 Å². The third kappa shape index (κ3) is 2.54. The van der Waals surface area contributed by atoms with Crippen LogP contribution in [-0.2, 0) is 16.1 Å². The summed E-state index contributed by atoms with van der Waals surface area (Å²) in [6.45, 7) is 2.21. The summed E-state index contributed by atoms with van der Waals surface area (Å²) in [5, 5.41) is 2.71. The highest BCUT2D eigenvalue weighted by molar-refractivity contribution is 6.34. The fourth-order valence-corrected chi connectivity index (χ4v) is 2.42. The number of rotatable bonds is 3. The van der Waals surface area contributed by atoms with E-state index < -0.39 is 6.04 Å². The molecular formula is C12H15ClN4O2. The number of nitrogens with two attached hydrogens (primary N) is 1. The summed E-state index contributed by atoms with van der Waals surface area (Å²) in [4.78, 5) is 29.1. The molecule has 1 aromatic heterocycles. The maximum absolute atomic E-state index is 11.8. The quantitative estimate of drug-likeness (QED) is 0.785. The molecule has 0 aliphatic carbocycles. The largest absolute Gasteiger partial charge is 0.334 e. The number of carbonyl (C=O) groups is 2. The Bertz CT molecular complexity index is 520. The Balaban J connectivity index is 2.43. The third-order valence-electron chi connectivity index (χ3n) is 3.08. The molecule has 2 heterocycles. The second-order valence-corrected chi connectivity index (χ2v) is 4.65. The van der Waals surface area contributed by atoms with Crippen LogP contribution >= 0.6 is 11.6 Å². The first-order valence-corrected chi connectivity index (χ1v) is 6.40. The van der Waals surface area contributed by atoms with Gasteiger partial charge < -0.3 is 10.6 Å². The average Bonchev–Trinajstić information content (AvgIpc) is 2.38. The van der Waals surface area contributed by atoms with Crippen molar-refractivity contribution in [3.8, 4) is 0 Å². The van der Waals surface area contributed by atoms with Crippen molar-refractivity contribution in [2.75, 3.05) is 11.4 Å². The van der Waals surface area contributed by atoms with Gasteiger partial charge >= 0.3 is 0 Å². The van der Waals surface area contributed by atoms with Gasteiger partial charge in [0.05, 0.1) is 11.6 Å². The molecule has 3 N–H and O–H groups in total. The van der Waals surface area contributed by atoms with Gasteiger partial charge in [-0.2, -0.15) is 0 Å². The molecule has 0 aromatic carbocycles. The molecule has 1 aliphatic rings. The zero-order chi connectivity index (χ0) is 14.0. The van der Waals surface area contributed by atoms with Crippen molar-refractivity contribution in [3.05, 3.63) is 22.8 Å². The van der Waals surface area contributed by atoms with E-state index in [4.69, 9.17) is 17.3 Å². The van der Waals surface area contributed by atoms with Gasteiger partial charge in [0.25, 0.3) is 0 Å². The maximum Gasteiger partial charge on any atom is 0.249 e. The van der Waals surface area contributed by atoms with E-state index in [9.17, 15) is 9.59 Å². The number of carbonyl (C=O) groups excluding carboxylic acids is 2. The summed E-state index contributed by atoms with van der Waals surface area (Å²) in [6.07, 6.45) is 2.14. The molecule has 1 fully saturated rings. The minimum absolute atomic E-state index is 0.0605. The molecule has 6 nitrogen and oxygen atoms in total. The minimum Gasteiger partial charge on any atom is -0.334 e. The van der Waals surface area contributed by atoms with E-state index in [0.29, 0.717) is 17.3 Å². The lowest BCUT2D eigenvalue weighted by atomic mass is 10.1. The SMILES string of the molecule is CCC1C(=O)NC(=O)CN1c1nccc(CN)c1Cl. The van der Waals surface area contributed by atoms with Crippen molar-refractivity contribution >= 4 is 29.2 Å². The van der Waals surface area contributed by atoms with Gasteiger partial charge in [-0.25, -0.2) is 4.98 Å². The van der Waals surface area contributed by atoms with Crippen molar-refractivity contribution in [1.82, 2.24) is 10.3 Å². The molecule has 0 spiro atoms. The normalized spacial score (nSPS) is 19.5. The lowest BCUT2D eigenvalue weighted by Crippen LogP contribution is -2.58. The van der Waals surface area contributed by atoms with Gasteiger partial charge in [0.1, 0.15) is 11.9 Å². The number of halogens is 1. The summed E-state index contributed by atoms with van der Waals surface area (Å²) in [5.74, 6) is -0.250. The van der Waals surface area contributed by atoms with Crippen molar-refractivity contribution in [3.63, 3.8) is 0 Å². The lowest BCUT2D eigenvalue weighted by molar-refractivity contribution is -0.132. The molecule has 1 aliphatic heterocycles. The Hall–Kier alpha value is -1.66. The third-order valence-corrected chi connectivity index (χ3v) is 3.50. The molecule has 0 saturated carbocycles. The Morgan fingerprint density at radius 1 is 1.58 bits per heavy atom. The standard InChI is InChI=1S/C12H15ClN4O2/c1-2-8-12(19)16-9(18)6-17(8)11-10(13)7(5-14)3-4-15-11/h3-4,8H,2,5-6,14H2,1H3,(H,16,18,19). The van der Waals surface area contributed by atoms with Crippen molar-refractivity contribution in [2.45, 2.75) is 25.9 Å². The molecule has 1 unspecified atom stereocenters. The van der Waals surface area contributed by atoms with Crippen molar-refractivity contribution in [2.24, 2.45) is 5.73 Å². The molecule has 1 saturated heterocycles. The van der Waals surface area contributed by atoms with Crippen LogP contribution < -0.4 is 16.0 Å². The maximum atomic E-state index is 11.8. The van der Waals surface area contributed by atoms with Crippen LogP contribution in [0.1, 0.15) is 18.9 Å². The number of hydrogen-bond donors (Lipinski definition) is 2. The van der Waals surface area contributed by atoms with Crippen LogP contribution in [-0.4, -0.2) is 29.4 Å². The molecule has 7 heteroatoms. The van der Waals surface area contributed by atoms with Gasteiger partial charge in [-0.1, -0.05) is 18.5 Å². The smallest absolute Gasteiger partial charge is 0.249 e. The zero-order valence-corrected chi connectivity index (χ0v) is 11.3. The summed E-state index contributed by atoms with van der Waals surface area (Å²) in [7, 11) is 0. The van der Waals surface area contributed by atoms with E-state index >= 15 is 0 Å². The molecule has 102 valence electrons. The second-order valence-electron chi connectivity index (χ2n) is 4.28. The topological polar surface area (TPSA) is 88.3 Å². The van der Waals surface area contributed by atoms with E-state index in [1.54, 1.807) is 17.2 Å². The van der Waals surface area contributed by atoms with Crippen LogP contribution in [0.2, 0.25) is 5.02 Å². The van der Waals surface area contributed by atoms with Crippen molar-refractivity contribution < 1.29 is 9.59 Å². The van der Waals surface area contributed by atoms with Gasteiger partial charge in [0, 0.05) is 12.7 Å². The summed E-state index contributed by atoms with van der Waals surface area (Å²) >= 11 is 6.23. The number of aromatic nitrogens is 1. The van der Waals surface area contributed by atoms with Gasteiger partial charge in [-0.3, -0.25) is 14.9 Å². The number of imide groups is 1. The number of nitrogens with one attached hydrogen (secondary N) is 1. The van der Waals surface area contributed by atoms with E-state index in [1.165, 1.54) is 0 Å².